The van der Waals surface area contributed by atoms with Crippen molar-refractivity contribution in [3.05, 3.63) is 23.8 Å². The second kappa shape index (κ2) is 12.4. The molecule has 6 heteroatoms. The third kappa shape index (κ3) is 8.08. The molecule has 1 aromatic rings. The Balaban J connectivity index is 1.68. The summed E-state index contributed by atoms with van der Waals surface area (Å²) in [6.45, 7) is 5.21. The summed E-state index contributed by atoms with van der Waals surface area (Å²) in [5.74, 6) is 1.51. The van der Waals surface area contributed by atoms with Gasteiger partial charge in [-0.05, 0) is 50.3 Å². The van der Waals surface area contributed by atoms with Crippen molar-refractivity contribution >= 4 is 5.96 Å². The summed E-state index contributed by atoms with van der Waals surface area (Å²) in [5, 5.41) is 16.3. The molecule has 3 N–H and O–H groups in total. The molecule has 6 nitrogen and oxygen atoms in total. The van der Waals surface area contributed by atoms with Gasteiger partial charge in [-0.3, -0.25) is 4.99 Å². The molecule has 0 radical (unpaired) electrons. The number of hydrogen-bond acceptors (Lipinski definition) is 4. The van der Waals surface area contributed by atoms with Gasteiger partial charge in [-0.2, -0.15) is 0 Å². The molecule has 2 rings (SSSR count). The van der Waals surface area contributed by atoms with Crippen LogP contribution in [0, 0.1) is 0 Å². The summed E-state index contributed by atoms with van der Waals surface area (Å²) in [6, 6.07) is 5.44. The van der Waals surface area contributed by atoms with Gasteiger partial charge in [-0.15, -0.1) is 0 Å². The Hall–Kier alpha value is -1.95. The van der Waals surface area contributed by atoms with Crippen LogP contribution in [0.2, 0.25) is 0 Å². The molecule has 1 saturated carbocycles. The van der Waals surface area contributed by atoms with Crippen molar-refractivity contribution in [2.75, 3.05) is 33.4 Å². The topological polar surface area (TPSA) is 75.1 Å². The third-order valence-corrected chi connectivity index (χ3v) is 4.77. The van der Waals surface area contributed by atoms with Crippen LogP contribution in [0.4, 0.5) is 0 Å². The van der Waals surface area contributed by atoms with E-state index < -0.39 is 0 Å². The molecule has 0 aliphatic heterocycles. The Kier molecular flexibility index (Phi) is 9.84. The van der Waals surface area contributed by atoms with Crippen LogP contribution in [0.1, 0.15) is 51.0 Å². The Morgan fingerprint density at radius 1 is 1.22 bits per heavy atom. The van der Waals surface area contributed by atoms with E-state index in [1.54, 1.807) is 13.2 Å². The lowest BCUT2D eigenvalue weighted by Crippen LogP contribution is -2.38. The Labute approximate surface area is 163 Å². The Morgan fingerprint density at radius 2 is 2.04 bits per heavy atom. The summed E-state index contributed by atoms with van der Waals surface area (Å²) in [7, 11) is 1.56. The maximum Gasteiger partial charge on any atom is 0.191 e. The number of ether oxygens (including phenoxy) is 2. The van der Waals surface area contributed by atoms with Crippen LogP contribution >= 0.6 is 0 Å². The van der Waals surface area contributed by atoms with Gasteiger partial charge in [-0.25, -0.2) is 0 Å². The van der Waals surface area contributed by atoms with E-state index in [0.29, 0.717) is 11.9 Å². The van der Waals surface area contributed by atoms with E-state index in [9.17, 15) is 5.11 Å². The van der Waals surface area contributed by atoms with Crippen LogP contribution in [-0.4, -0.2) is 50.5 Å². The summed E-state index contributed by atoms with van der Waals surface area (Å²) >= 11 is 0. The molecule has 1 aliphatic carbocycles. The summed E-state index contributed by atoms with van der Waals surface area (Å²) in [6.07, 6.45) is 8.66. The highest BCUT2D eigenvalue weighted by Crippen LogP contribution is 2.26. The average Bonchev–Trinajstić information content (AvgIpc) is 2.69. The first kappa shape index (κ1) is 21.4. The molecule has 0 spiro atoms. The van der Waals surface area contributed by atoms with Crippen LogP contribution in [0.5, 0.6) is 11.5 Å². The van der Waals surface area contributed by atoms with Crippen LogP contribution in [0.25, 0.3) is 0 Å². The largest absolute Gasteiger partial charge is 0.504 e. The van der Waals surface area contributed by atoms with Crippen LogP contribution in [0.15, 0.2) is 23.2 Å². The van der Waals surface area contributed by atoms with Gasteiger partial charge in [0.1, 0.15) is 0 Å². The summed E-state index contributed by atoms with van der Waals surface area (Å²) in [4.78, 5) is 4.62. The van der Waals surface area contributed by atoms with Crippen LogP contribution in [0.3, 0.4) is 0 Å². The molecule has 0 atom stereocenters. The van der Waals surface area contributed by atoms with Gasteiger partial charge in [0, 0.05) is 26.2 Å². The van der Waals surface area contributed by atoms with E-state index in [1.807, 2.05) is 12.1 Å². The molecule has 0 unspecified atom stereocenters. The number of aromatic hydroxyl groups is 1. The number of rotatable bonds is 10. The highest BCUT2D eigenvalue weighted by Gasteiger charge is 2.12. The first-order valence-corrected chi connectivity index (χ1v) is 10.2. The minimum absolute atomic E-state index is 0.166. The number of guanidine groups is 1. The fraction of sp³-hybridized carbons (Fsp3) is 0.667. The van der Waals surface area contributed by atoms with Crippen molar-refractivity contribution in [2.24, 2.45) is 4.99 Å². The molecule has 0 aromatic heterocycles. The van der Waals surface area contributed by atoms with Crippen molar-refractivity contribution in [2.45, 2.75) is 58.0 Å². The van der Waals surface area contributed by atoms with Crippen molar-refractivity contribution in [3.8, 4) is 11.5 Å². The number of methoxy groups -OCH3 is 1. The minimum atomic E-state index is 0.166. The summed E-state index contributed by atoms with van der Waals surface area (Å²) < 4.78 is 11.1. The molecule has 0 amide bonds. The Morgan fingerprint density at radius 3 is 2.78 bits per heavy atom. The fourth-order valence-corrected chi connectivity index (χ4v) is 3.28. The lowest BCUT2D eigenvalue weighted by molar-refractivity contribution is 0.0281. The molecule has 1 aliphatic rings. The SMILES string of the molecule is CCNC(=NCCCOC1CCCCC1)NCCc1ccc(O)c(OC)c1. The highest BCUT2D eigenvalue weighted by molar-refractivity contribution is 5.79. The lowest BCUT2D eigenvalue weighted by atomic mass is 9.98. The van der Waals surface area contributed by atoms with Crippen molar-refractivity contribution in [3.63, 3.8) is 0 Å². The normalized spacial score (nSPS) is 15.6. The molecule has 0 bridgehead atoms. The number of benzene rings is 1. The second-order valence-electron chi connectivity index (χ2n) is 6.93. The maximum absolute atomic E-state index is 9.66. The van der Waals surface area contributed by atoms with E-state index in [2.05, 4.69) is 22.5 Å². The molecule has 27 heavy (non-hydrogen) atoms. The average molecular weight is 378 g/mol. The van der Waals surface area contributed by atoms with E-state index in [0.717, 1.165) is 50.6 Å². The van der Waals surface area contributed by atoms with Crippen LogP contribution in [-0.2, 0) is 11.2 Å². The van der Waals surface area contributed by atoms with Gasteiger partial charge in [0.15, 0.2) is 17.5 Å². The molecular formula is C21H35N3O3. The fourth-order valence-electron chi connectivity index (χ4n) is 3.28. The van der Waals surface area contributed by atoms with Crippen molar-refractivity contribution < 1.29 is 14.6 Å². The van der Waals surface area contributed by atoms with E-state index in [1.165, 1.54) is 32.1 Å². The number of phenols is 1. The van der Waals surface area contributed by atoms with Crippen molar-refractivity contribution in [1.82, 2.24) is 10.6 Å². The standard InChI is InChI=1S/C21H35N3O3/c1-3-22-21(23-13-7-15-27-18-8-5-4-6-9-18)24-14-12-17-10-11-19(25)20(16-17)26-2/h10-11,16,18,25H,3-9,12-15H2,1-2H3,(H2,22,23,24). The second-order valence-corrected chi connectivity index (χ2v) is 6.93. The van der Waals surface area contributed by atoms with Gasteiger partial charge < -0.3 is 25.2 Å². The molecule has 1 aromatic carbocycles. The van der Waals surface area contributed by atoms with Crippen molar-refractivity contribution in [1.29, 1.82) is 0 Å². The Bertz CT molecular complexity index is 572. The number of hydrogen-bond donors (Lipinski definition) is 3. The zero-order valence-electron chi connectivity index (χ0n) is 16.8. The van der Waals surface area contributed by atoms with E-state index in [4.69, 9.17) is 9.47 Å². The zero-order chi connectivity index (χ0) is 19.3. The molecule has 0 saturated heterocycles. The minimum Gasteiger partial charge on any atom is -0.504 e. The van der Waals surface area contributed by atoms with E-state index in [-0.39, 0.29) is 5.75 Å². The van der Waals surface area contributed by atoms with Gasteiger partial charge in [0.05, 0.1) is 13.2 Å². The van der Waals surface area contributed by atoms with Gasteiger partial charge in [0.2, 0.25) is 0 Å². The highest BCUT2D eigenvalue weighted by atomic mass is 16.5. The maximum atomic E-state index is 9.66. The first-order chi connectivity index (χ1) is 13.2. The number of nitrogens with zero attached hydrogens (tertiary/aromatic N) is 1. The number of nitrogens with one attached hydrogen (secondary N) is 2. The third-order valence-electron chi connectivity index (χ3n) is 4.77. The molecular weight excluding hydrogens is 342 g/mol. The van der Waals surface area contributed by atoms with Gasteiger partial charge in [0.25, 0.3) is 0 Å². The molecule has 1 fully saturated rings. The van der Waals surface area contributed by atoms with Gasteiger partial charge >= 0.3 is 0 Å². The predicted molar refractivity (Wildman–Crippen MR) is 110 cm³/mol. The lowest BCUT2D eigenvalue weighted by Gasteiger charge is -2.21. The van der Waals surface area contributed by atoms with E-state index >= 15 is 0 Å². The number of aliphatic imine (C=N–C) groups is 1. The monoisotopic (exact) mass is 377 g/mol. The van der Waals surface area contributed by atoms with Crippen LogP contribution < -0.4 is 15.4 Å². The quantitative estimate of drug-likeness (QED) is 0.332. The smallest absolute Gasteiger partial charge is 0.191 e. The molecule has 152 valence electrons. The zero-order valence-corrected chi connectivity index (χ0v) is 16.8. The predicted octanol–water partition coefficient (Wildman–Crippen LogP) is 3.24. The first-order valence-electron chi connectivity index (χ1n) is 10.2. The molecule has 0 heterocycles. The summed E-state index contributed by atoms with van der Waals surface area (Å²) in [5.41, 5.74) is 1.11. The van der Waals surface area contributed by atoms with Gasteiger partial charge in [-0.1, -0.05) is 25.3 Å². The number of phenolic OH excluding ortho intramolecular Hbond substituents is 1.